The molecule has 0 aliphatic rings. The van der Waals surface area contributed by atoms with E-state index in [4.69, 9.17) is 4.74 Å². The van der Waals surface area contributed by atoms with Gasteiger partial charge in [0.2, 0.25) is 0 Å². The van der Waals surface area contributed by atoms with Crippen LogP contribution in [0.3, 0.4) is 0 Å². The maximum absolute atomic E-state index is 9.91. The van der Waals surface area contributed by atoms with Crippen molar-refractivity contribution in [3.05, 3.63) is 29.6 Å². The number of aromatic nitrogens is 1. The highest BCUT2D eigenvalue weighted by molar-refractivity contribution is 5.23. The summed E-state index contributed by atoms with van der Waals surface area (Å²) in [5.41, 5.74) is 2.02. The van der Waals surface area contributed by atoms with Gasteiger partial charge in [0.25, 0.3) is 0 Å². The molecule has 15 heavy (non-hydrogen) atoms. The first-order chi connectivity index (χ1) is 7.25. The molecule has 0 fully saturated rings. The Labute approximate surface area is 91.1 Å². The van der Waals surface area contributed by atoms with Gasteiger partial charge in [0.05, 0.1) is 6.10 Å². The van der Waals surface area contributed by atoms with Crippen LogP contribution in [0, 0.1) is 6.92 Å². The summed E-state index contributed by atoms with van der Waals surface area (Å²) in [5, 5.41) is 9.91. The summed E-state index contributed by atoms with van der Waals surface area (Å²) in [4.78, 5) is 4.02. The highest BCUT2D eigenvalue weighted by Crippen LogP contribution is 2.20. The van der Waals surface area contributed by atoms with Crippen molar-refractivity contribution in [2.24, 2.45) is 0 Å². The Morgan fingerprint density at radius 1 is 1.53 bits per heavy atom. The third-order valence-corrected chi connectivity index (χ3v) is 2.41. The van der Waals surface area contributed by atoms with Crippen molar-refractivity contribution in [2.45, 2.75) is 32.8 Å². The van der Waals surface area contributed by atoms with E-state index >= 15 is 0 Å². The average Bonchev–Trinajstić information content (AvgIpc) is 2.25. The Bertz CT molecular complexity index is 289. The van der Waals surface area contributed by atoms with E-state index in [-0.39, 0.29) is 0 Å². The Balaban J connectivity index is 2.40. The summed E-state index contributed by atoms with van der Waals surface area (Å²) < 4.78 is 5.22. The summed E-state index contributed by atoms with van der Waals surface area (Å²) in [5.74, 6) is 0. The summed E-state index contributed by atoms with van der Waals surface area (Å²) >= 11 is 0. The molecular formula is C12H19NO2. The number of aliphatic hydroxyl groups excluding tert-OH is 1. The highest BCUT2D eigenvalue weighted by atomic mass is 16.5. The zero-order valence-electron chi connectivity index (χ0n) is 9.44. The number of rotatable bonds is 6. The van der Waals surface area contributed by atoms with E-state index in [9.17, 15) is 5.11 Å². The van der Waals surface area contributed by atoms with Crippen molar-refractivity contribution < 1.29 is 9.84 Å². The van der Waals surface area contributed by atoms with Crippen LogP contribution in [-0.2, 0) is 4.74 Å². The number of aryl methyl sites for hydroxylation is 1. The molecule has 1 aromatic rings. The second-order valence-electron chi connectivity index (χ2n) is 3.59. The first kappa shape index (κ1) is 12.1. The van der Waals surface area contributed by atoms with Crippen molar-refractivity contribution in [3.8, 4) is 0 Å². The molecule has 0 aliphatic heterocycles. The molecule has 1 aromatic heterocycles. The van der Waals surface area contributed by atoms with Crippen LogP contribution in [0.15, 0.2) is 18.5 Å². The lowest BCUT2D eigenvalue weighted by Crippen LogP contribution is -2.03. The number of ether oxygens (including phenoxy) is 1. The predicted octanol–water partition coefficient (Wildman–Crippen LogP) is 2.24. The van der Waals surface area contributed by atoms with E-state index in [2.05, 4.69) is 4.98 Å². The normalized spacial score (nSPS) is 12.7. The molecular weight excluding hydrogens is 190 g/mol. The molecule has 3 heteroatoms. The van der Waals surface area contributed by atoms with Gasteiger partial charge in [-0.3, -0.25) is 4.98 Å². The van der Waals surface area contributed by atoms with E-state index in [0.717, 1.165) is 30.6 Å². The maximum atomic E-state index is 9.91. The molecule has 0 radical (unpaired) electrons. The van der Waals surface area contributed by atoms with Crippen molar-refractivity contribution >= 4 is 0 Å². The van der Waals surface area contributed by atoms with Gasteiger partial charge in [-0.25, -0.2) is 0 Å². The van der Waals surface area contributed by atoms with Gasteiger partial charge in [-0.05, 0) is 38.3 Å². The number of aliphatic hydroxyl groups is 1. The number of pyridine rings is 1. The molecule has 1 atom stereocenters. The summed E-state index contributed by atoms with van der Waals surface area (Å²) in [6, 6.07) is 1.92. The van der Waals surface area contributed by atoms with Gasteiger partial charge in [-0.1, -0.05) is 0 Å². The minimum absolute atomic E-state index is 0.417. The molecule has 0 saturated heterocycles. The van der Waals surface area contributed by atoms with E-state index in [1.165, 1.54) is 0 Å². The predicted molar refractivity (Wildman–Crippen MR) is 59.7 cm³/mol. The average molecular weight is 209 g/mol. The summed E-state index contributed by atoms with van der Waals surface area (Å²) in [6.45, 7) is 5.42. The zero-order chi connectivity index (χ0) is 11.1. The topological polar surface area (TPSA) is 42.4 Å². The van der Waals surface area contributed by atoms with Gasteiger partial charge in [-0.15, -0.1) is 0 Å². The fraction of sp³-hybridized carbons (Fsp3) is 0.583. The van der Waals surface area contributed by atoms with Gasteiger partial charge >= 0.3 is 0 Å². The Kier molecular flexibility index (Phi) is 5.29. The van der Waals surface area contributed by atoms with Gasteiger partial charge in [0.15, 0.2) is 0 Å². The van der Waals surface area contributed by atoms with Gasteiger partial charge in [-0.2, -0.15) is 0 Å². The van der Waals surface area contributed by atoms with Crippen LogP contribution in [0.1, 0.15) is 37.0 Å². The van der Waals surface area contributed by atoms with Crippen LogP contribution in [0.25, 0.3) is 0 Å². The molecule has 1 unspecified atom stereocenters. The maximum Gasteiger partial charge on any atom is 0.0808 e. The van der Waals surface area contributed by atoms with Crippen molar-refractivity contribution in [3.63, 3.8) is 0 Å². The summed E-state index contributed by atoms with van der Waals surface area (Å²) in [7, 11) is 0. The summed E-state index contributed by atoms with van der Waals surface area (Å²) in [6.07, 6.45) is 4.67. The molecule has 0 aliphatic carbocycles. The van der Waals surface area contributed by atoms with Crippen LogP contribution in [0.4, 0.5) is 0 Å². The standard InChI is InChI=1S/C12H19NO2/c1-3-15-8-4-5-12(14)11-9-13-7-6-10(11)2/h6-7,9,12,14H,3-5,8H2,1-2H3. The fourth-order valence-corrected chi connectivity index (χ4v) is 1.50. The van der Waals surface area contributed by atoms with Crippen LogP contribution < -0.4 is 0 Å². The molecule has 3 nitrogen and oxygen atoms in total. The lowest BCUT2D eigenvalue weighted by atomic mass is 10.0. The van der Waals surface area contributed by atoms with E-state index in [0.29, 0.717) is 6.61 Å². The van der Waals surface area contributed by atoms with Gasteiger partial charge in [0, 0.05) is 31.2 Å². The lowest BCUT2D eigenvalue weighted by molar-refractivity contribution is 0.114. The third-order valence-electron chi connectivity index (χ3n) is 2.41. The SMILES string of the molecule is CCOCCCC(O)c1cnccc1C. The van der Waals surface area contributed by atoms with Crippen molar-refractivity contribution in [1.29, 1.82) is 0 Å². The first-order valence-electron chi connectivity index (χ1n) is 5.42. The zero-order valence-corrected chi connectivity index (χ0v) is 9.44. The van der Waals surface area contributed by atoms with Crippen molar-refractivity contribution in [2.75, 3.05) is 13.2 Å². The smallest absolute Gasteiger partial charge is 0.0808 e. The Morgan fingerprint density at radius 2 is 2.33 bits per heavy atom. The van der Waals surface area contributed by atoms with Gasteiger partial charge in [0.1, 0.15) is 0 Å². The molecule has 1 heterocycles. The Hall–Kier alpha value is -0.930. The van der Waals surface area contributed by atoms with Crippen molar-refractivity contribution in [1.82, 2.24) is 4.98 Å². The number of nitrogens with zero attached hydrogens (tertiary/aromatic N) is 1. The van der Waals surface area contributed by atoms with E-state index < -0.39 is 6.10 Å². The van der Waals surface area contributed by atoms with E-state index in [1.807, 2.05) is 19.9 Å². The second kappa shape index (κ2) is 6.53. The molecule has 84 valence electrons. The van der Waals surface area contributed by atoms with Crippen LogP contribution in [0.5, 0.6) is 0 Å². The van der Waals surface area contributed by atoms with Crippen LogP contribution in [0.2, 0.25) is 0 Å². The third kappa shape index (κ3) is 3.98. The Morgan fingerprint density at radius 3 is 3.00 bits per heavy atom. The van der Waals surface area contributed by atoms with Gasteiger partial charge < -0.3 is 9.84 Å². The fourth-order valence-electron chi connectivity index (χ4n) is 1.50. The molecule has 1 N–H and O–H groups in total. The number of hydrogen-bond donors (Lipinski definition) is 1. The quantitative estimate of drug-likeness (QED) is 0.731. The van der Waals surface area contributed by atoms with Crippen LogP contribution >= 0.6 is 0 Å². The molecule has 0 amide bonds. The van der Waals surface area contributed by atoms with Crippen LogP contribution in [-0.4, -0.2) is 23.3 Å². The lowest BCUT2D eigenvalue weighted by Gasteiger charge is -2.12. The molecule has 1 rings (SSSR count). The molecule has 0 saturated carbocycles. The highest BCUT2D eigenvalue weighted by Gasteiger charge is 2.09. The molecule has 0 bridgehead atoms. The molecule has 0 spiro atoms. The minimum atomic E-state index is -0.417. The largest absolute Gasteiger partial charge is 0.388 e. The monoisotopic (exact) mass is 209 g/mol. The molecule has 0 aromatic carbocycles. The van der Waals surface area contributed by atoms with E-state index in [1.54, 1.807) is 12.4 Å². The first-order valence-corrected chi connectivity index (χ1v) is 5.42. The minimum Gasteiger partial charge on any atom is -0.388 e. The second-order valence-corrected chi connectivity index (χ2v) is 3.59. The number of hydrogen-bond acceptors (Lipinski definition) is 3.